The summed E-state index contributed by atoms with van der Waals surface area (Å²) in [4.78, 5) is 19.0. The van der Waals surface area contributed by atoms with Crippen LogP contribution in [0.25, 0.3) is 11.4 Å². The molecule has 0 bridgehead atoms. The van der Waals surface area contributed by atoms with Gasteiger partial charge in [-0.1, -0.05) is 18.5 Å². The second-order valence-corrected chi connectivity index (χ2v) is 4.28. The van der Waals surface area contributed by atoms with Gasteiger partial charge in [0, 0.05) is 16.1 Å². The lowest BCUT2D eigenvalue weighted by atomic mass is 10.1. The molecule has 3 nitrogen and oxygen atoms in total. The van der Waals surface area contributed by atoms with Gasteiger partial charge in [0.1, 0.15) is 5.82 Å². The van der Waals surface area contributed by atoms with Gasteiger partial charge < -0.3 is 4.98 Å². The van der Waals surface area contributed by atoms with Crippen LogP contribution in [-0.4, -0.2) is 9.97 Å². The van der Waals surface area contributed by atoms with Gasteiger partial charge in [-0.3, -0.25) is 4.79 Å². The van der Waals surface area contributed by atoms with Crippen LogP contribution in [0.5, 0.6) is 0 Å². The number of nitrogens with one attached hydrogen (secondary N) is 1. The number of benzene rings is 1. The van der Waals surface area contributed by atoms with Gasteiger partial charge in [0.25, 0.3) is 5.56 Å². The van der Waals surface area contributed by atoms with Gasteiger partial charge in [-0.2, -0.15) is 0 Å². The summed E-state index contributed by atoms with van der Waals surface area (Å²) < 4.78 is 0. The second-order valence-electron chi connectivity index (χ2n) is 3.85. The van der Waals surface area contributed by atoms with Crippen molar-refractivity contribution in [1.82, 2.24) is 9.97 Å². The largest absolute Gasteiger partial charge is 0.306 e. The molecule has 0 atom stereocenters. The van der Waals surface area contributed by atoms with Crippen molar-refractivity contribution < 1.29 is 0 Å². The van der Waals surface area contributed by atoms with E-state index >= 15 is 0 Å². The molecule has 88 valence electrons. The van der Waals surface area contributed by atoms with E-state index in [1.807, 2.05) is 19.1 Å². The topological polar surface area (TPSA) is 45.8 Å². The van der Waals surface area contributed by atoms with Crippen LogP contribution >= 0.6 is 11.6 Å². The Kier molecular flexibility index (Phi) is 3.29. The molecule has 0 unspecified atom stereocenters. The fourth-order valence-corrected chi connectivity index (χ4v) is 1.79. The molecule has 1 N–H and O–H groups in total. The van der Waals surface area contributed by atoms with E-state index in [9.17, 15) is 4.79 Å². The SMILES string of the molecule is CCc1nc(-c2ccc(Cl)cc2)[nH]c(=O)c1C. The Morgan fingerprint density at radius 2 is 1.94 bits per heavy atom. The Morgan fingerprint density at radius 1 is 1.29 bits per heavy atom. The number of H-pyrrole nitrogens is 1. The van der Waals surface area contributed by atoms with E-state index in [1.54, 1.807) is 19.1 Å². The highest BCUT2D eigenvalue weighted by Crippen LogP contribution is 2.17. The van der Waals surface area contributed by atoms with Crippen LogP contribution < -0.4 is 5.56 Å². The van der Waals surface area contributed by atoms with E-state index in [-0.39, 0.29) is 5.56 Å². The number of hydrogen-bond acceptors (Lipinski definition) is 2. The molecule has 2 rings (SSSR count). The first-order chi connectivity index (χ1) is 8.11. The van der Waals surface area contributed by atoms with Gasteiger partial charge in [0.2, 0.25) is 0 Å². The average molecular weight is 249 g/mol. The number of nitrogens with zero attached hydrogens (tertiary/aromatic N) is 1. The van der Waals surface area contributed by atoms with Crippen LogP contribution in [0.3, 0.4) is 0 Å². The summed E-state index contributed by atoms with van der Waals surface area (Å²) in [7, 11) is 0. The molecule has 0 saturated carbocycles. The molecule has 0 radical (unpaired) electrons. The Morgan fingerprint density at radius 3 is 2.53 bits per heavy atom. The number of rotatable bonds is 2. The number of halogens is 1. The fourth-order valence-electron chi connectivity index (χ4n) is 1.67. The monoisotopic (exact) mass is 248 g/mol. The minimum absolute atomic E-state index is 0.0817. The van der Waals surface area contributed by atoms with Crippen molar-refractivity contribution in [1.29, 1.82) is 0 Å². The first-order valence-electron chi connectivity index (χ1n) is 5.47. The Hall–Kier alpha value is -1.61. The molecule has 0 saturated heterocycles. The third-order valence-electron chi connectivity index (χ3n) is 2.70. The van der Waals surface area contributed by atoms with Crippen molar-refractivity contribution >= 4 is 11.6 Å². The quantitative estimate of drug-likeness (QED) is 0.888. The van der Waals surface area contributed by atoms with Crippen molar-refractivity contribution in [3.05, 3.63) is 50.9 Å². The molecule has 0 amide bonds. The maximum Gasteiger partial charge on any atom is 0.254 e. The normalized spacial score (nSPS) is 10.5. The first-order valence-corrected chi connectivity index (χ1v) is 5.85. The molecule has 0 fully saturated rings. The van der Waals surface area contributed by atoms with Gasteiger partial charge in [-0.25, -0.2) is 4.98 Å². The first kappa shape index (κ1) is 11.9. The molecule has 1 heterocycles. The van der Waals surface area contributed by atoms with Crippen molar-refractivity contribution in [2.45, 2.75) is 20.3 Å². The molecule has 1 aromatic heterocycles. The molecule has 4 heteroatoms. The van der Waals surface area contributed by atoms with Gasteiger partial charge in [0.05, 0.1) is 5.69 Å². The van der Waals surface area contributed by atoms with E-state index < -0.39 is 0 Å². The Balaban J connectivity index is 2.56. The highest BCUT2D eigenvalue weighted by molar-refractivity contribution is 6.30. The number of aryl methyl sites for hydroxylation is 1. The van der Waals surface area contributed by atoms with E-state index in [0.29, 0.717) is 16.4 Å². The minimum Gasteiger partial charge on any atom is -0.306 e. The van der Waals surface area contributed by atoms with Crippen LogP contribution in [0, 0.1) is 6.92 Å². The highest BCUT2D eigenvalue weighted by Gasteiger charge is 2.07. The summed E-state index contributed by atoms with van der Waals surface area (Å²) >= 11 is 5.82. The molecular weight excluding hydrogens is 236 g/mol. The summed E-state index contributed by atoms with van der Waals surface area (Å²) in [5.41, 5.74) is 2.30. The van der Waals surface area contributed by atoms with Crippen molar-refractivity contribution in [3.63, 3.8) is 0 Å². The molecule has 0 aliphatic heterocycles. The van der Waals surface area contributed by atoms with E-state index in [1.165, 1.54) is 0 Å². The van der Waals surface area contributed by atoms with Gasteiger partial charge >= 0.3 is 0 Å². The standard InChI is InChI=1S/C13H13ClN2O/c1-3-11-8(2)13(17)16-12(15-11)9-4-6-10(14)7-5-9/h4-7H,3H2,1-2H3,(H,15,16,17). The molecule has 0 spiro atoms. The molecule has 1 aromatic carbocycles. The Labute approximate surface area is 104 Å². The van der Waals surface area contributed by atoms with Crippen molar-refractivity contribution in [3.8, 4) is 11.4 Å². The number of hydrogen-bond donors (Lipinski definition) is 1. The summed E-state index contributed by atoms with van der Waals surface area (Å²) in [5, 5.41) is 0.666. The summed E-state index contributed by atoms with van der Waals surface area (Å²) in [6, 6.07) is 7.25. The zero-order valence-corrected chi connectivity index (χ0v) is 10.5. The second kappa shape index (κ2) is 4.72. The summed E-state index contributed by atoms with van der Waals surface area (Å²) in [5.74, 6) is 0.592. The third kappa shape index (κ3) is 2.39. The predicted molar refractivity (Wildman–Crippen MR) is 69.4 cm³/mol. The lowest BCUT2D eigenvalue weighted by Gasteiger charge is -2.05. The summed E-state index contributed by atoms with van der Waals surface area (Å²) in [6.45, 7) is 3.77. The van der Waals surface area contributed by atoms with Gasteiger partial charge in [-0.15, -0.1) is 0 Å². The maximum atomic E-state index is 11.7. The third-order valence-corrected chi connectivity index (χ3v) is 2.96. The zero-order valence-electron chi connectivity index (χ0n) is 9.75. The van der Waals surface area contributed by atoms with Crippen LogP contribution in [0.1, 0.15) is 18.2 Å². The summed E-state index contributed by atoms with van der Waals surface area (Å²) in [6.07, 6.45) is 0.746. The molecule has 2 aromatic rings. The predicted octanol–water partition coefficient (Wildman–Crippen LogP) is 2.96. The molecule has 0 aliphatic carbocycles. The fraction of sp³-hybridized carbons (Fsp3) is 0.231. The minimum atomic E-state index is -0.0817. The lowest BCUT2D eigenvalue weighted by Crippen LogP contribution is -2.15. The average Bonchev–Trinajstić information content (AvgIpc) is 2.33. The smallest absolute Gasteiger partial charge is 0.254 e. The van der Waals surface area contributed by atoms with E-state index in [2.05, 4.69) is 9.97 Å². The molecular formula is C13H13ClN2O. The maximum absolute atomic E-state index is 11.7. The van der Waals surface area contributed by atoms with Crippen molar-refractivity contribution in [2.75, 3.05) is 0 Å². The highest BCUT2D eigenvalue weighted by atomic mass is 35.5. The lowest BCUT2D eigenvalue weighted by molar-refractivity contribution is 0.955. The van der Waals surface area contributed by atoms with Gasteiger partial charge in [-0.05, 0) is 37.6 Å². The Bertz CT molecular complexity index is 587. The van der Waals surface area contributed by atoms with E-state index in [0.717, 1.165) is 17.7 Å². The zero-order chi connectivity index (χ0) is 12.4. The van der Waals surface area contributed by atoms with Crippen LogP contribution in [-0.2, 0) is 6.42 Å². The van der Waals surface area contributed by atoms with Crippen LogP contribution in [0.15, 0.2) is 29.1 Å². The number of aromatic nitrogens is 2. The van der Waals surface area contributed by atoms with Crippen LogP contribution in [0.4, 0.5) is 0 Å². The van der Waals surface area contributed by atoms with E-state index in [4.69, 9.17) is 11.6 Å². The number of aromatic amines is 1. The van der Waals surface area contributed by atoms with Crippen LogP contribution in [0.2, 0.25) is 5.02 Å². The van der Waals surface area contributed by atoms with Gasteiger partial charge in [0.15, 0.2) is 0 Å². The molecule has 17 heavy (non-hydrogen) atoms. The molecule has 0 aliphatic rings. The van der Waals surface area contributed by atoms with Crippen molar-refractivity contribution in [2.24, 2.45) is 0 Å².